The maximum atomic E-state index is 12.1. The highest BCUT2D eigenvalue weighted by atomic mass is 32.2. The molecule has 1 saturated heterocycles. The lowest BCUT2D eigenvalue weighted by atomic mass is 9.92. The van der Waals surface area contributed by atoms with Crippen molar-refractivity contribution in [1.82, 2.24) is 10.2 Å². The van der Waals surface area contributed by atoms with Crippen LogP contribution in [0.3, 0.4) is 0 Å². The van der Waals surface area contributed by atoms with Crippen LogP contribution in [-0.4, -0.2) is 61.6 Å². The van der Waals surface area contributed by atoms with Gasteiger partial charge in [0.15, 0.2) is 0 Å². The van der Waals surface area contributed by atoms with Gasteiger partial charge in [-0.1, -0.05) is 13.8 Å². The van der Waals surface area contributed by atoms with Gasteiger partial charge in [0.2, 0.25) is 0 Å². The van der Waals surface area contributed by atoms with Crippen molar-refractivity contribution in [3.8, 4) is 0 Å². The average molecular weight is 320 g/mol. The summed E-state index contributed by atoms with van der Waals surface area (Å²) in [5.41, 5.74) is 0. The van der Waals surface area contributed by atoms with Gasteiger partial charge in [0.1, 0.15) is 15.9 Å². The van der Waals surface area contributed by atoms with Crippen LogP contribution in [0.15, 0.2) is 0 Å². The number of amides is 2. The SMILES string of the molecule is CC1CC(C)CN(C(=O)NC(CCS(C)(=O)=O)C(=O)O)C1. The zero-order chi connectivity index (χ0) is 16.2. The minimum Gasteiger partial charge on any atom is -0.480 e. The van der Waals surface area contributed by atoms with Crippen molar-refractivity contribution >= 4 is 21.8 Å². The Hall–Kier alpha value is -1.31. The number of hydrogen-bond donors (Lipinski definition) is 2. The monoisotopic (exact) mass is 320 g/mol. The summed E-state index contributed by atoms with van der Waals surface area (Å²) in [6.45, 7) is 5.28. The van der Waals surface area contributed by atoms with Crippen molar-refractivity contribution in [2.75, 3.05) is 25.1 Å². The fourth-order valence-electron chi connectivity index (χ4n) is 2.66. The van der Waals surface area contributed by atoms with Crippen LogP contribution in [-0.2, 0) is 14.6 Å². The van der Waals surface area contributed by atoms with Gasteiger partial charge in [-0.2, -0.15) is 0 Å². The minimum atomic E-state index is -3.26. The van der Waals surface area contributed by atoms with Crippen LogP contribution < -0.4 is 5.32 Å². The van der Waals surface area contributed by atoms with Gasteiger partial charge in [-0.05, 0) is 24.7 Å². The number of nitrogens with zero attached hydrogens (tertiary/aromatic N) is 1. The first-order valence-electron chi connectivity index (χ1n) is 7.04. The fraction of sp³-hybridized carbons (Fsp3) is 0.846. The molecule has 1 aliphatic rings. The summed E-state index contributed by atoms with van der Waals surface area (Å²) in [6.07, 6.45) is 1.96. The summed E-state index contributed by atoms with van der Waals surface area (Å²) in [6, 6.07) is -1.62. The predicted molar refractivity (Wildman–Crippen MR) is 78.8 cm³/mol. The van der Waals surface area contributed by atoms with Crippen molar-refractivity contribution in [1.29, 1.82) is 0 Å². The van der Waals surface area contributed by atoms with E-state index in [2.05, 4.69) is 5.32 Å². The first-order valence-corrected chi connectivity index (χ1v) is 9.10. The molecule has 0 aromatic carbocycles. The van der Waals surface area contributed by atoms with E-state index in [9.17, 15) is 18.0 Å². The summed E-state index contributed by atoms with van der Waals surface area (Å²) in [7, 11) is -3.26. The predicted octanol–water partition coefficient (Wildman–Crippen LogP) is 0.562. The lowest BCUT2D eigenvalue weighted by molar-refractivity contribution is -0.139. The van der Waals surface area contributed by atoms with E-state index in [-0.39, 0.29) is 12.2 Å². The minimum absolute atomic E-state index is 0.126. The Morgan fingerprint density at radius 2 is 1.81 bits per heavy atom. The Kier molecular flexibility index (Phi) is 6.00. The van der Waals surface area contributed by atoms with Crippen LogP contribution in [0, 0.1) is 11.8 Å². The molecule has 1 fully saturated rings. The maximum absolute atomic E-state index is 12.1. The van der Waals surface area contributed by atoms with E-state index in [0.29, 0.717) is 24.9 Å². The lowest BCUT2D eigenvalue weighted by Crippen LogP contribution is -2.52. The molecule has 0 aliphatic carbocycles. The Bertz CT molecular complexity index is 481. The van der Waals surface area contributed by atoms with Crippen molar-refractivity contribution in [2.24, 2.45) is 11.8 Å². The van der Waals surface area contributed by atoms with Gasteiger partial charge in [-0.3, -0.25) is 0 Å². The van der Waals surface area contributed by atoms with Gasteiger partial charge in [0.05, 0.1) is 5.75 Å². The van der Waals surface area contributed by atoms with E-state index in [0.717, 1.165) is 12.7 Å². The van der Waals surface area contributed by atoms with Crippen LogP contribution in [0.1, 0.15) is 26.7 Å². The zero-order valence-corrected chi connectivity index (χ0v) is 13.5. The first kappa shape index (κ1) is 17.7. The Labute approximate surface area is 125 Å². The Balaban J connectivity index is 2.62. The summed E-state index contributed by atoms with van der Waals surface area (Å²) < 4.78 is 22.2. The average Bonchev–Trinajstić information content (AvgIpc) is 2.31. The van der Waals surface area contributed by atoms with E-state index in [1.807, 2.05) is 13.8 Å². The number of likely N-dealkylation sites (tertiary alicyclic amines) is 1. The van der Waals surface area contributed by atoms with Crippen molar-refractivity contribution in [3.63, 3.8) is 0 Å². The number of rotatable bonds is 5. The highest BCUT2D eigenvalue weighted by Crippen LogP contribution is 2.20. The number of urea groups is 1. The van der Waals surface area contributed by atoms with Crippen LogP contribution in [0.2, 0.25) is 0 Å². The van der Waals surface area contributed by atoms with Crippen molar-refractivity contribution in [2.45, 2.75) is 32.7 Å². The molecule has 2 amide bonds. The van der Waals surface area contributed by atoms with Gasteiger partial charge in [0.25, 0.3) is 0 Å². The van der Waals surface area contributed by atoms with E-state index < -0.39 is 27.9 Å². The third-order valence-corrected chi connectivity index (χ3v) is 4.51. The Morgan fingerprint density at radius 3 is 2.24 bits per heavy atom. The summed E-state index contributed by atoms with van der Waals surface area (Å²) >= 11 is 0. The number of carbonyl (C=O) groups excluding carboxylic acids is 1. The maximum Gasteiger partial charge on any atom is 0.326 e. The Morgan fingerprint density at radius 1 is 1.29 bits per heavy atom. The van der Waals surface area contributed by atoms with Crippen molar-refractivity contribution < 1.29 is 23.1 Å². The molecule has 0 spiro atoms. The molecule has 7 nitrogen and oxygen atoms in total. The van der Waals surface area contributed by atoms with E-state index in [1.165, 1.54) is 0 Å². The second-order valence-electron chi connectivity index (χ2n) is 6.11. The molecule has 1 heterocycles. The number of carbonyl (C=O) groups is 2. The normalized spacial score (nSPS) is 24.4. The molecule has 3 unspecified atom stereocenters. The summed E-state index contributed by atoms with van der Waals surface area (Å²) in [4.78, 5) is 24.9. The molecule has 0 radical (unpaired) electrons. The number of aliphatic carboxylic acids is 1. The number of hydrogen-bond acceptors (Lipinski definition) is 4. The molecule has 0 saturated carbocycles. The van der Waals surface area contributed by atoms with E-state index in [4.69, 9.17) is 5.11 Å². The second-order valence-corrected chi connectivity index (χ2v) is 8.37. The molecule has 122 valence electrons. The molecule has 0 aromatic heterocycles. The molecule has 1 aliphatic heterocycles. The third kappa shape index (κ3) is 6.33. The molecule has 3 atom stereocenters. The quantitative estimate of drug-likeness (QED) is 0.770. The molecule has 2 N–H and O–H groups in total. The molecular formula is C13H24N2O5S. The number of sulfone groups is 1. The lowest BCUT2D eigenvalue weighted by Gasteiger charge is -2.35. The third-order valence-electron chi connectivity index (χ3n) is 3.53. The van der Waals surface area contributed by atoms with Crippen LogP contribution in [0.4, 0.5) is 4.79 Å². The molecule has 21 heavy (non-hydrogen) atoms. The summed E-state index contributed by atoms with van der Waals surface area (Å²) in [5, 5.41) is 11.5. The standard InChI is InChI=1S/C13H24N2O5S/c1-9-6-10(2)8-15(7-9)13(18)14-11(12(16)17)4-5-21(3,19)20/h9-11H,4-8H2,1-3H3,(H,14,18)(H,16,17). The van der Waals surface area contributed by atoms with Crippen LogP contribution in [0.5, 0.6) is 0 Å². The smallest absolute Gasteiger partial charge is 0.326 e. The highest BCUT2D eigenvalue weighted by molar-refractivity contribution is 7.90. The number of nitrogens with one attached hydrogen (secondary N) is 1. The molecular weight excluding hydrogens is 296 g/mol. The zero-order valence-electron chi connectivity index (χ0n) is 12.7. The van der Waals surface area contributed by atoms with Gasteiger partial charge < -0.3 is 15.3 Å². The number of piperidine rings is 1. The van der Waals surface area contributed by atoms with Gasteiger partial charge >= 0.3 is 12.0 Å². The van der Waals surface area contributed by atoms with Crippen LogP contribution >= 0.6 is 0 Å². The first-order chi connectivity index (χ1) is 9.58. The van der Waals surface area contributed by atoms with Crippen LogP contribution in [0.25, 0.3) is 0 Å². The highest BCUT2D eigenvalue weighted by Gasteiger charge is 2.28. The van der Waals surface area contributed by atoms with Gasteiger partial charge in [0, 0.05) is 19.3 Å². The van der Waals surface area contributed by atoms with Crippen molar-refractivity contribution in [3.05, 3.63) is 0 Å². The molecule has 0 bridgehead atoms. The number of carboxylic acid groups (broad SMARTS) is 1. The molecule has 8 heteroatoms. The van der Waals surface area contributed by atoms with E-state index in [1.54, 1.807) is 4.90 Å². The topological polar surface area (TPSA) is 104 Å². The molecule has 1 rings (SSSR count). The van der Waals surface area contributed by atoms with E-state index >= 15 is 0 Å². The van der Waals surface area contributed by atoms with Gasteiger partial charge in [-0.25, -0.2) is 18.0 Å². The fourth-order valence-corrected chi connectivity index (χ4v) is 3.32. The largest absolute Gasteiger partial charge is 0.480 e. The van der Waals surface area contributed by atoms with Gasteiger partial charge in [-0.15, -0.1) is 0 Å². The summed E-state index contributed by atoms with van der Waals surface area (Å²) in [5.74, 6) is -0.737. The molecule has 0 aromatic rings. The second kappa shape index (κ2) is 7.11. The number of carboxylic acids is 1.